The first-order chi connectivity index (χ1) is 6.84. The van der Waals surface area contributed by atoms with Gasteiger partial charge in [-0.1, -0.05) is 19.3 Å². The van der Waals surface area contributed by atoms with E-state index in [1.807, 2.05) is 0 Å². The number of Topliss-reactive ketones (excluding diaryl/α,β-unsaturated/α-hetero) is 1. The van der Waals surface area contributed by atoms with Crippen LogP contribution in [0.15, 0.2) is 0 Å². The molecule has 1 atom stereocenters. The SMILES string of the molecule is COCCCCC1CCCCCC1=O. The van der Waals surface area contributed by atoms with Crippen molar-refractivity contribution >= 4 is 5.78 Å². The number of rotatable bonds is 5. The maximum Gasteiger partial charge on any atom is 0.135 e. The van der Waals surface area contributed by atoms with E-state index in [2.05, 4.69) is 0 Å². The fourth-order valence-electron chi connectivity index (χ4n) is 2.17. The molecule has 0 bridgehead atoms. The smallest absolute Gasteiger partial charge is 0.135 e. The molecule has 82 valence electrons. The molecule has 0 aromatic rings. The van der Waals surface area contributed by atoms with Gasteiger partial charge < -0.3 is 4.74 Å². The predicted molar refractivity (Wildman–Crippen MR) is 57.3 cm³/mol. The van der Waals surface area contributed by atoms with Crippen LogP contribution in [0, 0.1) is 5.92 Å². The molecule has 2 heteroatoms. The molecule has 1 rings (SSSR count). The first-order valence-electron chi connectivity index (χ1n) is 5.86. The summed E-state index contributed by atoms with van der Waals surface area (Å²) < 4.78 is 5.00. The van der Waals surface area contributed by atoms with Crippen LogP contribution in [0.3, 0.4) is 0 Å². The second-order valence-corrected chi connectivity index (χ2v) is 4.25. The minimum absolute atomic E-state index is 0.370. The van der Waals surface area contributed by atoms with E-state index in [0.29, 0.717) is 11.7 Å². The Morgan fingerprint density at radius 1 is 1.29 bits per heavy atom. The highest BCUT2D eigenvalue weighted by Gasteiger charge is 2.19. The number of hydrogen-bond acceptors (Lipinski definition) is 2. The molecule has 0 aliphatic heterocycles. The van der Waals surface area contributed by atoms with Gasteiger partial charge in [-0.15, -0.1) is 0 Å². The van der Waals surface area contributed by atoms with Crippen LogP contribution in [0.4, 0.5) is 0 Å². The average Bonchev–Trinajstić information content (AvgIpc) is 2.39. The van der Waals surface area contributed by atoms with Crippen molar-refractivity contribution in [2.75, 3.05) is 13.7 Å². The van der Waals surface area contributed by atoms with Gasteiger partial charge in [0, 0.05) is 26.1 Å². The Morgan fingerprint density at radius 2 is 2.14 bits per heavy atom. The molecule has 0 aromatic heterocycles. The second kappa shape index (κ2) is 6.99. The van der Waals surface area contributed by atoms with Crippen LogP contribution in [0.25, 0.3) is 0 Å². The van der Waals surface area contributed by atoms with E-state index in [4.69, 9.17) is 4.74 Å². The molecule has 1 unspecified atom stereocenters. The number of hydrogen-bond donors (Lipinski definition) is 0. The third-order valence-corrected chi connectivity index (χ3v) is 3.08. The number of methoxy groups -OCH3 is 1. The summed E-state index contributed by atoms with van der Waals surface area (Å²) in [5.41, 5.74) is 0. The zero-order valence-electron chi connectivity index (χ0n) is 9.26. The molecule has 14 heavy (non-hydrogen) atoms. The number of ether oxygens (including phenoxy) is 1. The summed E-state index contributed by atoms with van der Waals surface area (Å²) in [6.07, 6.45) is 8.90. The average molecular weight is 198 g/mol. The van der Waals surface area contributed by atoms with E-state index in [0.717, 1.165) is 45.1 Å². The number of unbranched alkanes of at least 4 members (excludes halogenated alkanes) is 1. The Hall–Kier alpha value is -0.370. The lowest BCUT2D eigenvalue weighted by atomic mass is 9.93. The summed E-state index contributed by atoms with van der Waals surface area (Å²) in [6, 6.07) is 0. The van der Waals surface area contributed by atoms with E-state index < -0.39 is 0 Å². The largest absolute Gasteiger partial charge is 0.385 e. The molecule has 0 saturated heterocycles. The molecule has 0 radical (unpaired) electrons. The Labute approximate surface area is 87.0 Å². The van der Waals surface area contributed by atoms with Gasteiger partial charge in [0.2, 0.25) is 0 Å². The van der Waals surface area contributed by atoms with Gasteiger partial charge in [-0.2, -0.15) is 0 Å². The quantitative estimate of drug-likeness (QED) is 0.501. The van der Waals surface area contributed by atoms with Crippen molar-refractivity contribution < 1.29 is 9.53 Å². The van der Waals surface area contributed by atoms with E-state index >= 15 is 0 Å². The van der Waals surface area contributed by atoms with Crippen LogP contribution >= 0.6 is 0 Å². The van der Waals surface area contributed by atoms with Crippen LogP contribution in [0.1, 0.15) is 51.4 Å². The van der Waals surface area contributed by atoms with Gasteiger partial charge >= 0.3 is 0 Å². The molecule has 0 heterocycles. The fourth-order valence-corrected chi connectivity index (χ4v) is 2.17. The van der Waals surface area contributed by atoms with Gasteiger partial charge in [-0.3, -0.25) is 4.79 Å². The van der Waals surface area contributed by atoms with E-state index in [9.17, 15) is 4.79 Å². The van der Waals surface area contributed by atoms with Crippen molar-refractivity contribution in [3.63, 3.8) is 0 Å². The first-order valence-corrected chi connectivity index (χ1v) is 5.86. The summed E-state index contributed by atoms with van der Waals surface area (Å²) in [5.74, 6) is 0.884. The third-order valence-electron chi connectivity index (χ3n) is 3.08. The molecule has 2 nitrogen and oxygen atoms in total. The highest BCUT2D eigenvalue weighted by molar-refractivity contribution is 5.81. The Morgan fingerprint density at radius 3 is 2.93 bits per heavy atom. The summed E-state index contributed by atoms with van der Waals surface area (Å²) >= 11 is 0. The standard InChI is InChI=1S/C12H22O2/c1-14-10-6-5-8-11-7-3-2-4-9-12(11)13/h11H,2-10H2,1H3. The van der Waals surface area contributed by atoms with Gasteiger partial charge in [-0.25, -0.2) is 0 Å². The molecular weight excluding hydrogens is 176 g/mol. The predicted octanol–water partition coefficient (Wildman–Crippen LogP) is 2.95. The normalized spacial score (nSPS) is 23.5. The minimum atomic E-state index is 0.370. The topological polar surface area (TPSA) is 26.3 Å². The zero-order chi connectivity index (χ0) is 10.2. The molecule has 0 aromatic carbocycles. The van der Waals surface area contributed by atoms with Gasteiger partial charge in [-0.05, 0) is 25.7 Å². The molecule has 1 fully saturated rings. The molecular formula is C12H22O2. The third kappa shape index (κ3) is 4.23. The maximum absolute atomic E-state index is 11.6. The monoisotopic (exact) mass is 198 g/mol. The summed E-state index contributed by atoms with van der Waals surface area (Å²) in [4.78, 5) is 11.6. The van der Waals surface area contributed by atoms with Crippen molar-refractivity contribution in [3.05, 3.63) is 0 Å². The molecule has 1 aliphatic rings. The molecule has 0 N–H and O–H groups in total. The lowest BCUT2D eigenvalue weighted by Gasteiger charge is -2.11. The van der Waals surface area contributed by atoms with Crippen LogP contribution in [-0.4, -0.2) is 19.5 Å². The highest BCUT2D eigenvalue weighted by atomic mass is 16.5. The van der Waals surface area contributed by atoms with Crippen LogP contribution in [-0.2, 0) is 9.53 Å². The van der Waals surface area contributed by atoms with Crippen molar-refractivity contribution in [1.82, 2.24) is 0 Å². The van der Waals surface area contributed by atoms with Gasteiger partial charge in [0.05, 0.1) is 0 Å². The van der Waals surface area contributed by atoms with Crippen molar-refractivity contribution in [1.29, 1.82) is 0 Å². The molecule has 1 aliphatic carbocycles. The van der Waals surface area contributed by atoms with Gasteiger partial charge in [0.25, 0.3) is 0 Å². The molecule has 0 amide bonds. The lowest BCUT2D eigenvalue weighted by molar-refractivity contribution is -0.123. The fraction of sp³-hybridized carbons (Fsp3) is 0.917. The summed E-state index contributed by atoms with van der Waals surface area (Å²) in [5, 5.41) is 0. The molecule has 0 spiro atoms. The number of carbonyl (C=O) groups excluding carboxylic acids is 1. The summed E-state index contributed by atoms with van der Waals surface area (Å²) in [6.45, 7) is 0.834. The highest BCUT2D eigenvalue weighted by Crippen LogP contribution is 2.24. The number of carbonyl (C=O) groups is 1. The van der Waals surface area contributed by atoms with E-state index in [1.165, 1.54) is 12.8 Å². The Kier molecular flexibility index (Phi) is 5.85. The number of ketones is 1. The van der Waals surface area contributed by atoms with Gasteiger partial charge in [0.15, 0.2) is 0 Å². The Bertz CT molecular complexity index is 166. The van der Waals surface area contributed by atoms with Crippen molar-refractivity contribution in [2.45, 2.75) is 51.4 Å². The van der Waals surface area contributed by atoms with Crippen molar-refractivity contribution in [3.8, 4) is 0 Å². The van der Waals surface area contributed by atoms with E-state index in [1.54, 1.807) is 7.11 Å². The van der Waals surface area contributed by atoms with Crippen LogP contribution in [0.2, 0.25) is 0 Å². The van der Waals surface area contributed by atoms with E-state index in [-0.39, 0.29) is 0 Å². The maximum atomic E-state index is 11.6. The lowest BCUT2D eigenvalue weighted by Crippen LogP contribution is -2.12. The molecule has 1 saturated carbocycles. The first kappa shape index (κ1) is 11.7. The summed E-state index contributed by atoms with van der Waals surface area (Å²) in [7, 11) is 1.73. The Balaban J connectivity index is 2.16. The second-order valence-electron chi connectivity index (χ2n) is 4.25. The van der Waals surface area contributed by atoms with Crippen LogP contribution < -0.4 is 0 Å². The van der Waals surface area contributed by atoms with Gasteiger partial charge in [0.1, 0.15) is 5.78 Å². The zero-order valence-corrected chi connectivity index (χ0v) is 9.26. The minimum Gasteiger partial charge on any atom is -0.385 e. The van der Waals surface area contributed by atoms with Crippen molar-refractivity contribution in [2.24, 2.45) is 5.92 Å². The van der Waals surface area contributed by atoms with Crippen LogP contribution in [0.5, 0.6) is 0 Å².